The average molecular weight is 261 g/mol. The summed E-state index contributed by atoms with van der Waals surface area (Å²) in [7, 11) is 0. The number of rotatable bonds is 3. The summed E-state index contributed by atoms with van der Waals surface area (Å²) in [4.78, 5) is 12.1. The standard InChI is InChI=1S/C15H19NO3/c17-13(14(18)6-7-14)19-15(8-10-16-11-9-15)12-4-2-1-3-5-12/h1-5,16,18H,6-11H2. The molecule has 1 saturated carbocycles. The maximum atomic E-state index is 12.1. The molecule has 0 radical (unpaired) electrons. The summed E-state index contributed by atoms with van der Waals surface area (Å²) in [5, 5.41) is 13.2. The Hall–Kier alpha value is -1.39. The number of aliphatic hydroxyl groups is 1. The van der Waals surface area contributed by atoms with E-state index >= 15 is 0 Å². The van der Waals surface area contributed by atoms with Crippen LogP contribution in [0.3, 0.4) is 0 Å². The molecule has 2 aliphatic rings. The monoisotopic (exact) mass is 261 g/mol. The average Bonchev–Trinajstić information content (AvgIpc) is 3.20. The van der Waals surface area contributed by atoms with E-state index < -0.39 is 17.2 Å². The summed E-state index contributed by atoms with van der Waals surface area (Å²) >= 11 is 0. The molecule has 0 bridgehead atoms. The van der Waals surface area contributed by atoms with Crippen molar-refractivity contribution in [3.05, 3.63) is 35.9 Å². The van der Waals surface area contributed by atoms with Gasteiger partial charge in [-0.3, -0.25) is 0 Å². The van der Waals surface area contributed by atoms with E-state index in [0.29, 0.717) is 12.8 Å². The zero-order valence-corrected chi connectivity index (χ0v) is 10.9. The van der Waals surface area contributed by atoms with E-state index in [9.17, 15) is 9.90 Å². The Balaban J connectivity index is 1.86. The van der Waals surface area contributed by atoms with E-state index in [1.165, 1.54) is 0 Å². The van der Waals surface area contributed by atoms with Crippen molar-refractivity contribution >= 4 is 5.97 Å². The van der Waals surface area contributed by atoms with Gasteiger partial charge < -0.3 is 15.2 Å². The Morgan fingerprint density at radius 2 is 1.74 bits per heavy atom. The molecule has 3 rings (SSSR count). The van der Waals surface area contributed by atoms with Crippen molar-refractivity contribution in [2.75, 3.05) is 13.1 Å². The summed E-state index contributed by atoms with van der Waals surface area (Å²) in [6.45, 7) is 1.64. The molecular formula is C15H19NO3. The number of piperidine rings is 1. The second-order valence-electron chi connectivity index (χ2n) is 5.53. The molecule has 4 heteroatoms. The van der Waals surface area contributed by atoms with Crippen LogP contribution in [0.5, 0.6) is 0 Å². The Kier molecular flexibility index (Phi) is 3.07. The van der Waals surface area contributed by atoms with Gasteiger partial charge in [0, 0.05) is 12.8 Å². The minimum Gasteiger partial charge on any atom is -0.452 e. The van der Waals surface area contributed by atoms with E-state index in [1.807, 2.05) is 30.3 Å². The fourth-order valence-electron chi connectivity index (χ4n) is 2.62. The third kappa shape index (κ3) is 2.38. The fourth-order valence-corrected chi connectivity index (χ4v) is 2.62. The molecule has 1 saturated heterocycles. The van der Waals surface area contributed by atoms with Crippen LogP contribution >= 0.6 is 0 Å². The summed E-state index contributed by atoms with van der Waals surface area (Å²) in [5.41, 5.74) is -0.775. The first-order chi connectivity index (χ1) is 9.15. The molecule has 0 atom stereocenters. The van der Waals surface area contributed by atoms with Crippen LogP contribution in [-0.2, 0) is 15.1 Å². The lowest BCUT2D eigenvalue weighted by Gasteiger charge is -2.38. The summed E-state index contributed by atoms with van der Waals surface area (Å²) in [5.74, 6) is -0.460. The van der Waals surface area contributed by atoms with Crippen molar-refractivity contribution in [3.63, 3.8) is 0 Å². The first kappa shape index (κ1) is 12.6. The highest BCUT2D eigenvalue weighted by Gasteiger charge is 2.52. The Bertz CT molecular complexity index is 462. The van der Waals surface area contributed by atoms with Crippen LogP contribution in [0.25, 0.3) is 0 Å². The van der Waals surface area contributed by atoms with Gasteiger partial charge in [0.25, 0.3) is 0 Å². The zero-order valence-electron chi connectivity index (χ0n) is 10.9. The molecule has 2 fully saturated rings. The second-order valence-corrected chi connectivity index (χ2v) is 5.53. The predicted octanol–water partition coefficient (Wildman–Crippen LogP) is 1.33. The number of hydrogen-bond acceptors (Lipinski definition) is 4. The first-order valence-corrected chi connectivity index (χ1v) is 6.87. The van der Waals surface area contributed by atoms with Gasteiger partial charge in [0.2, 0.25) is 0 Å². The van der Waals surface area contributed by atoms with Crippen LogP contribution in [0, 0.1) is 0 Å². The molecule has 102 valence electrons. The molecule has 1 aliphatic heterocycles. The van der Waals surface area contributed by atoms with Crippen LogP contribution in [0.4, 0.5) is 0 Å². The molecular weight excluding hydrogens is 242 g/mol. The van der Waals surface area contributed by atoms with Crippen LogP contribution < -0.4 is 5.32 Å². The highest BCUT2D eigenvalue weighted by Crippen LogP contribution is 2.41. The number of nitrogens with one attached hydrogen (secondary N) is 1. The highest BCUT2D eigenvalue weighted by molar-refractivity contribution is 5.82. The van der Waals surface area contributed by atoms with Gasteiger partial charge in [-0.05, 0) is 31.5 Å². The van der Waals surface area contributed by atoms with Crippen molar-refractivity contribution in [2.45, 2.75) is 36.9 Å². The summed E-state index contributed by atoms with van der Waals surface area (Å²) < 4.78 is 5.76. The largest absolute Gasteiger partial charge is 0.452 e. The molecule has 4 nitrogen and oxygen atoms in total. The van der Waals surface area contributed by atoms with E-state index in [1.54, 1.807) is 0 Å². The van der Waals surface area contributed by atoms with Gasteiger partial charge in [-0.15, -0.1) is 0 Å². The van der Waals surface area contributed by atoms with Crippen molar-refractivity contribution in [1.29, 1.82) is 0 Å². The minimum absolute atomic E-state index is 0.460. The molecule has 1 aromatic carbocycles. The number of hydrogen-bond donors (Lipinski definition) is 2. The molecule has 1 aromatic rings. The molecule has 0 aromatic heterocycles. The first-order valence-electron chi connectivity index (χ1n) is 6.87. The van der Waals surface area contributed by atoms with Crippen molar-refractivity contribution in [1.82, 2.24) is 5.32 Å². The normalized spacial score (nSPS) is 23.6. The molecule has 0 amide bonds. The van der Waals surface area contributed by atoms with Gasteiger partial charge in [0.1, 0.15) is 5.60 Å². The van der Waals surface area contributed by atoms with E-state index in [-0.39, 0.29) is 0 Å². The predicted molar refractivity (Wildman–Crippen MR) is 70.5 cm³/mol. The number of carbonyl (C=O) groups excluding carboxylic acids is 1. The van der Waals surface area contributed by atoms with E-state index in [4.69, 9.17) is 4.74 Å². The lowest BCUT2D eigenvalue weighted by Crippen LogP contribution is -2.45. The molecule has 1 heterocycles. The van der Waals surface area contributed by atoms with Crippen LogP contribution in [0.1, 0.15) is 31.2 Å². The maximum Gasteiger partial charge on any atom is 0.339 e. The Labute approximate surface area is 112 Å². The van der Waals surface area contributed by atoms with Crippen molar-refractivity contribution in [2.24, 2.45) is 0 Å². The number of esters is 1. The smallest absolute Gasteiger partial charge is 0.339 e. The van der Waals surface area contributed by atoms with Crippen LogP contribution in [-0.4, -0.2) is 29.8 Å². The summed E-state index contributed by atoms with van der Waals surface area (Å²) in [6.07, 6.45) is 2.54. The van der Waals surface area contributed by atoms with Crippen LogP contribution in [0.2, 0.25) is 0 Å². The quantitative estimate of drug-likeness (QED) is 0.806. The van der Waals surface area contributed by atoms with Gasteiger partial charge in [-0.2, -0.15) is 0 Å². The lowest BCUT2D eigenvalue weighted by molar-refractivity contribution is -0.177. The van der Waals surface area contributed by atoms with Gasteiger partial charge in [-0.25, -0.2) is 4.79 Å². The van der Waals surface area contributed by atoms with Gasteiger partial charge in [0.05, 0.1) is 0 Å². The fraction of sp³-hybridized carbons (Fsp3) is 0.533. The topological polar surface area (TPSA) is 58.6 Å². The highest BCUT2D eigenvalue weighted by atomic mass is 16.6. The van der Waals surface area contributed by atoms with E-state index in [0.717, 1.165) is 31.5 Å². The summed E-state index contributed by atoms with van der Waals surface area (Å²) in [6, 6.07) is 9.86. The van der Waals surface area contributed by atoms with Crippen molar-refractivity contribution in [3.8, 4) is 0 Å². The molecule has 19 heavy (non-hydrogen) atoms. The second kappa shape index (κ2) is 4.62. The molecule has 0 spiro atoms. The number of ether oxygens (including phenoxy) is 1. The van der Waals surface area contributed by atoms with Gasteiger partial charge in [-0.1, -0.05) is 30.3 Å². The number of carbonyl (C=O) groups is 1. The Morgan fingerprint density at radius 1 is 1.11 bits per heavy atom. The zero-order chi connectivity index (χ0) is 13.3. The van der Waals surface area contributed by atoms with Gasteiger partial charge >= 0.3 is 5.97 Å². The number of benzene rings is 1. The maximum absolute atomic E-state index is 12.1. The lowest BCUT2D eigenvalue weighted by atomic mass is 9.84. The third-order valence-corrected chi connectivity index (χ3v) is 4.10. The minimum atomic E-state index is -1.22. The van der Waals surface area contributed by atoms with E-state index in [2.05, 4.69) is 5.32 Å². The molecule has 1 aliphatic carbocycles. The molecule has 0 unspecified atom stereocenters. The van der Waals surface area contributed by atoms with Gasteiger partial charge in [0.15, 0.2) is 5.60 Å². The SMILES string of the molecule is O=C(OC1(c2ccccc2)CCNCC1)C1(O)CC1. The third-order valence-electron chi connectivity index (χ3n) is 4.10. The Morgan fingerprint density at radius 3 is 2.32 bits per heavy atom. The van der Waals surface area contributed by atoms with Crippen molar-refractivity contribution < 1.29 is 14.6 Å². The van der Waals surface area contributed by atoms with Crippen LogP contribution in [0.15, 0.2) is 30.3 Å². The molecule has 2 N–H and O–H groups in total.